The Balaban J connectivity index is 1.81. The van der Waals surface area contributed by atoms with Crippen LogP contribution < -0.4 is 16.2 Å². The number of nitrogens with zero attached hydrogens (tertiary/aromatic N) is 1. The van der Waals surface area contributed by atoms with E-state index >= 15 is 0 Å². The van der Waals surface area contributed by atoms with Crippen molar-refractivity contribution in [3.63, 3.8) is 0 Å². The van der Waals surface area contributed by atoms with Crippen molar-refractivity contribution in [3.05, 3.63) is 69.9 Å². The summed E-state index contributed by atoms with van der Waals surface area (Å²) in [4.78, 5) is 38.5. The van der Waals surface area contributed by atoms with Gasteiger partial charge in [-0.25, -0.2) is 0 Å². The van der Waals surface area contributed by atoms with Gasteiger partial charge in [-0.15, -0.1) is 0 Å². The number of halogens is 3. The second-order valence-electron chi connectivity index (χ2n) is 7.88. The first-order chi connectivity index (χ1) is 16.0. The van der Waals surface area contributed by atoms with Crippen LogP contribution in [-0.2, 0) is 22.2 Å². The monoisotopic (exact) mass is 477 g/mol. The lowest BCUT2D eigenvalue weighted by Gasteiger charge is -2.20. The molecule has 1 unspecified atom stereocenters. The molecule has 9 nitrogen and oxygen atoms in total. The van der Waals surface area contributed by atoms with Crippen LogP contribution in [-0.4, -0.2) is 27.8 Å². The van der Waals surface area contributed by atoms with E-state index in [0.717, 1.165) is 22.5 Å². The van der Waals surface area contributed by atoms with E-state index in [4.69, 9.17) is 0 Å². The summed E-state index contributed by atoms with van der Waals surface area (Å²) in [6, 6.07) is 8.19. The molecule has 12 heteroatoms. The largest absolute Gasteiger partial charge is 0.416 e. The van der Waals surface area contributed by atoms with Crippen molar-refractivity contribution in [1.82, 2.24) is 15.7 Å². The average Bonchev–Trinajstić information content (AvgIpc) is 3.18. The molecule has 0 spiro atoms. The molecule has 0 aliphatic heterocycles. The second-order valence-corrected chi connectivity index (χ2v) is 7.88. The summed E-state index contributed by atoms with van der Waals surface area (Å²) in [6.45, 7) is 3.31. The highest BCUT2D eigenvalue weighted by molar-refractivity contribution is 5.90. The topological polar surface area (TPSA) is 129 Å². The molecule has 1 heterocycles. The number of nitrogens with one attached hydrogen (secondary N) is 4. The minimum atomic E-state index is -4.77. The number of amides is 2. The molecule has 0 bridgehead atoms. The summed E-state index contributed by atoms with van der Waals surface area (Å²) in [5.41, 5.74) is 3.75. The number of H-pyrrole nitrogens is 1. The standard InChI is InChI=1S/C22H22F3N5O4/c1-12(2)20(31)27-18(9-13-11-26-16-6-4-3-5-15(13)16)21(32)29-28-17-8-7-14(22(23,24)25)10-19(17)30(33)34/h3-8,10-12,18,26,28H,9H2,1-2H3,(H,27,31)(H,29,32). The number of carbonyl (C=O) groups excluding carboxylic acids is 2. The van der Waals surface area contributed by atoms with Crippen molar-refractivity contribution in [2.24, 2.45) is 5.92 Å². The van der Waals surface area contributed by atoms with Gasteiger partial charge in [-0.2, -0.15) is 13.2 Å². The van der Waals surface area contributed by atoms with E-state index in [1.807, 2.05) is 24.3 Å². The van der Waals surface area contributed by atoms with Gasteiger partial charge in [0.25, 0.3) is 11.6 Å². The van der Waals surface area contributed by atoms with Crippen molar-refractivity contribution in [3.8, 4) is 0 Å². The lowest BCUT2D eigenvalue weighted by Crippen LogP contribution is -2.50. The fraction of sp³-hybridized carbons (Fsp3) is 0.273. The van der Waals surface area contributed by atoms with E-state index < -0.39 is 40.2 Å². The quantitative estimate of drug-likeness (QED) is 0.289. The van der Waals surface area contributed by atoms with Crippen LogP contribution in [0.25, 0.3) is 10.9 Å². The molecule has 1 atom stereocenters. The molecule has 3 aromatic rings. The highest BCUT2D eigenvalue weighted by Gasteiger charge is 2.33. The van der Waals surface area contributed by atoms with Crippen LogP contribution in [0.4, 0.5) is 24.5 Å². The molecular weight excluding hydrogens is 455 g/mol. The maximum absolute atomic E-state index is 12.9. The first-order valence-electron chi connectivity index (χ1n) is 10.2. The lowest BCUT2D eigenvalue weighted by molar-refractivity contribution is -0.384. The van der Waals surface area contributed by atoms with Crippen LogP contribution in [0.15, 0.2) is 48.7 Å². The number of nitro benzene ring substituents is 1. The number of para-hydroxylation sites is 1. The first-order valence-corrected chi connectivity index (χ1v) is 10.2. The normalized spacial score (nSPS) is 12.4. The Labute approximate surface area is 191 Å². The fourth-order valence-electron chi connectivity index (χ4n) is 3.25. The summed E-state index contributed by atoms with van der Waals surface area (Å²) in [5, 5.41) is 14.7. The highest BCUT2D eigenvalue weighted by atomic mass is 19.4. The molecule has 180 valence electrons. The number of aromatic nitrogens is 1. The predicted molar refractivity (Wildman–Crippen MR) is 119 cm³/mol. The number of carbonyl (C=O) groups is 2. The number of nitro groups is 1. The Morgan fingerprint density at radius 1 is 1.12 bits per heavy atom. The Hall–Kier alpha value is -4.09. The SMILES string of the molecule is CC(C)C(=O)NC(Cc1c[nH]c2ccccc12)C(=O)NNc1ccc(C(F)(F)F)cc1[N+](=O)[O-]. The molecular formula is C22H22F3N5O4. The minimum Gasteiger partial charge on any atom is -0.361 e. The van der Waals surface area contributed by atoms with E-state index in [1.54, 1.807) is 20.0 Å². The molecule has 34 heavy (non-hydrogen) atoms. The molecule has 0 fully saturated rings. The van der Waals surface area contributed by atoms with Gasteiger partial charge in [0.05, 0.1) is 10.5 Å². The van der Waals surface area contributed by atoms with Gasteiger partial charge in [0.2, 0.25) is 5.91 Å². The van der Waals surface area contributed by atoms with Crippen molar-refractivity contribution in [2.75, 3.05) is 5.43 Å². The maximum atomic E-state index is 12.9. The highest BCUT2D eigenvalue weighted by Crippen LogP contribution is 2.34. The van der Waals surface area contributed by atoms with Gasteiger partial charge in [0.1, 0.15) is 11.7 Å². The number of hydrogen-bond donors (Lipinski definition) is 4. The number of hydrazine groups is 1. The molecule has 4 N–H and O–H groups in total. The molecule has 0 aliphatic carbocycles. The number of rotatable bonds is 8. The van der Waals surface area contributed by atoms with Gasteiger partial charge in [-0.1, -0.05) is 32.0 Å². The van der Waals surface area contributed by atoms with Gasteiger partial charge in [0, 0.05) is 35.5 Å². The number of anilines is 1. The van der Waals surface area contributed by atoms with Gasteiger partial charge in [-0.05, 0) is 23.8 Å². The third-order valence-electron chi connectivity index (χ3n) is 5.10. The number of hydrogen-bond acceptors (Lipinski definition) is 5. The van der Waals surface area contributed by atoms with Gasteiger partial charge in [-0.3, -0.25) is 30.6 Å². The zero-order chi connectivity index (χ0) is 25.0. The van der Waals surface area contributed by atoms with Crippen molar-refractivity contribution in [1.29, 1.82) is 0 Å². The van der Waals surface area contributed by atoms with Crippen molar-refractivity contribution in [2.45, 2.75) is 32.5 Å². The van der Waals surface area contributed by atoms with E-state index in [9.17, 15) is 32.9 Å². The van der Waals surface area contributed by atoms with E-state index in [0.29, 0.717) is 12.1 Å². The van der Waals surface area contributed by atoms with E-state index in [-0.39, 0.29) is 18.0 Å². The fourth-order valence-corrected chi connectivity index (χ4v) is 3.25. The second kappa shape index (κ2) is 9.81. The maximum Gasteiger partial charge on any atom is 0.416 e. The molecule has 0 radical (unpaired) electrons. The zero-order valence-corrected chi connectivity index (χ0v) is 18.2. The minimum absolute atomic E-state index is 0.102. The molecule has 0 saturated carbocycles. The third kappa shape index (κ3) is 5.63. The van der Waals surface area contributed by atoms with Crippen LogP contribution in [0.2, 0.25) is 0 Å². The van der Waals surface area contributed by atoms with Crippen LogP contribution in [0.1, 0.15) is 25.0 Å². The number of aromatic amines is 1. The number of benzene rings is 2. The summed E-state index contributed by atoms with van der Waals surface area (Å²) < 4.78 is 38.7. The predicted octanol–water partition coefficient (Wildman–Crippen LogP) is 3.92. The Kier molecular flexibility index (Phi) is 7.08. The van der Waals surface area contributed by atoms with E-state index in [2.05, 4.69) is 21.2 Å². The van der Waals surface area contributed by atoms with Crippen molar-refractivity contribution < 1.29 is 27.7 Å². The Morgan fingerprint density at radius 3 is 2.47 bits per heavy atom. The van der Waals surface area contributed by atoms with Gasteiger partial charge < -0.3 is 10.3 Å². The average molecular weight is 477 g/mol. The van der Waals surface area contributed by atoms with Gasteiger partial charge >= 0.3 is 6.18 Å². The van der Waals surface area contributed by atoms with Crippen LogP contribution in [0.5, 0.6) is 0 Å². The zero-order valence-electron chi connectivity index (χ0n) is 18.2. The smallest absolute Gasteiger partial charge is 0.361 e. The Morgan fingerprint density at radius 2 is 1.82 bits per heavy atom. The first kappa shape index (κ1) is 24.6. The molecule has 2 aromatic carbocycles. The van der Waals surface area contributed by atoms with Crippen LogP contribution >= 0.6 is 0 Å². The lowest BCUT2D eigenvalue weighted by atomic mass is 10.0. The van der Waals surface area contributed by atoms with Crippen LogP contribution in [0, 0.1) is 16.0 Å². The summed E-state index contributed by atoms with van der Waals surface area (Å²) in [5.74, 6) is -1.53. The summed E-state index contributed by atoms with van der Waals surface area (Å²) >= 11 is 0. The molecule has 2 amide bonds. The van der Waals surface area contributed by atoms with E-state index in [1.165, 1.54) is 0 Å². The summed E-state index contributed by atoms with van der Waals surface area (Å²) in [7, 11) is 0. The molecule has 0 saturated heterocycles. The van der Waals surface area contributed by atoms with Crippen molar-refractivity contribution >= 4 is 34.1 Å². The summed E-state index contributed by atoms with van der Waals surface area (Å²) in [6.07, 6.45) is -2.95. The van der Waals surface area contributed by atoms with Gasteiger partial charge in [0.15, 0.2) is 0 Å². The molecule has 1 aromatic heterocycles. The number of fused-ring (bicyclic) bond motifs is 1. The molecule has 0 aliphatic rings. The Bertz CT molecular complexity index is 1220. The van der Waals surface area contributed by atoms with Crippen LogP contribution in [0.3, 0.4) is 0 Å². The molecule has 3 rings (SSSR count). The number of alkyl halides is 3. The third-order valence-corrected chi connectivity index (χ3v) is 5.10.